The lowest BCUT2D eigenvalue weighted by Crippen LogP contribution is -2.36. The first-order valence-electron chi connectivity index (χ1n) is 11.0. The summed E-state index contributed by atoms with van der Waals surface area (Å²) in [6.45, 7) is 4.80. The molecule has 1 aliphatic heterocycles. The third-order valence-corrected chi connectivity index (χ3v) is 7.71. The number of aryl methyl sites for hydroxylation is 2. The molecule has 1 amide bonds. The van der Waals surface area contributed by atoms with Gasteiger partial charge in [-0.25, -0.2) is 8.42 Å². The molecule has 1 aliphatic rings. The molecule has 0 aromatic heterocycles. The van der Waals surface area contributed by atoms with Crippen LogP contribution in [0.5, 0.6) is 0 Å². The molecule has 0 unspecified atom stereocenters. The lowest BCUT2D eigenvalue weighted by Gasteiger charge is -2.28. The molecule has 0 spiro atoms. The summed E-state index contributed by atoms with van der Waals surface area (Å²) >= 11 is 0. The number of carbonyl (C=O) groups excluding carboxylic acids is 1. The number of benzene rings is 3. The molecule has 32 heavy (non-hydrogen) atoms. The summed E-state index contributed by atoms with van der Waals surface area (Å²) in [6.07, 6.45) is 2.71. The van der Waals surface area contributed by atoms with Crippen LogP contribution < -0.4 is 5.32 Å². The molecule has 0 saturated heterocycles. The van der Waals surface area contributed by atoms with Crippen molar-refractivity contribution in [3.8, 4) is 0 Å². The monoisotopic (exact) mass is 448 g/mol. The first-order chi connectivity index (χ1) is 15.4. The van der Waals surface area contributed by atoms with E-state index in [-0.39, 0.29) is 5.91 Å². The third-order valence-electron chi connectivity index (χ3n) is 5.85. The lowest BCUT2D eigenvalue weighted by molar-refractivity contribution is 0.102. The number of nitrogens with one attached hydrogen (secondary N) is 1. The Morgan fingerprint density at radius 2 is 1.69 bits per heavy atom. The van der Waals surface area contributed by atoms with Gasteiger partial charge in [-0.2, -0.15) is 4.31 Å². The van der Waals surface area contributed by atoms with Crippen LogP contribution in [0, 0.1) is 6.92 Å². The van der Waals surface area contributed by atoms with E-state index in [2.05, 4.69) is 12.2 Å². The van der Waals surface area contributed by atoms with Gasteiger partial charge in [0.05, 0.1) is 4.90 Å². The van der Waals surface area contributed by atoms with Crippen molar-refractivity contribution in [3.63, 3.8) is 0 Å². The van der Waals surface area contributed by atoms with E-state index in [1.165, 1.54) is 9.87 Å². The van der Waals surface area contributed by atoms with Crippen LogP contribution in [-0.2, 0) is 29.4 Å². The fourth-order valence-corrected chi connectivity index (χ4v) is 5.41. The van der Waals surface area contributed by atoms with E-state index >= 15 is 0 Å². The van der Waals surface area contributed by atoms with Crippen molar-refractivity contribution in [1.82, 2.24) is 4.31 Å². The van der Waals surface area contributed by atoms with E-state index in [0.29, 0.717) is 35.7 Å². The van der Waals surface area contributed by atoms with Gasteiger partial charge in [-0.15, -0.1) is 0 Å². The Hall–Kier alpha value is -2.96. The molecule has 1 N–H and O–H groups in total. The second-order valence-corrected chi connectivity index (χ2v) is 10.2. The maximum absolute atomic E-state index is 13.1. The van der Waals surface area contributed by atoms with Crippen LogP contribution in [-0.4, -0.2) is 25.2 Å². The van der Waals surface area contributed by atoms with Gasteiger partial charge in [0.15, 0.2) is 0 Å². The van der Waals surface area contributed by atoms with Crippen molar-refractivity contribution >= 4 is 21.6 Å². The maximum atomic E-state index is 13.1. The number of nitrogens with zero attached hydrogens (tertiary/aromatic N) is 1. The Balaban J connectivity index is 1.50. The summed E-state index contributed by atoms with van der Waals surface area (Å²) in [5, 5.41) is 2.94. The molecule has 3 aromatic carbocycles. The van der Waals surface area contributed by atoms with Crippen molar-refractivity contribution in [2.24, 2.45) is 0 Å². The van der Waals surface area contributed by atoms with Gasteiger partial charge in [0.1, 0.15) is 0 Å². The minimum atomic E-state index is -3.56. The number of hydrogen-bond donors (Lipinski definition) is 1. The smallest absolute Gasteiger partial charge is 0.255 e. The number of fused-ring (bicyclic) bond motifs is 1. The number of amides is 1. The molecule has 166 valence electrons. The summed E-state index contributed by atoms with van der Waals surface area (Å²) in [5.41, 5.74) is 5.54. The minimum absolute atomic E-state index is 0.173. The molecule has 0 atom stereocenters. The zero-order chi connectivity index (χ0) is 22.7. The lowest BCUT2D eigenvalue weighted by atomic mass is 10.0. The van der Waals surface area contributed by atoms with E-state index in [4.69, 9.17) is 0 Å². The SMILES string of the molecule is CCCc1ccc(C(=O)Nc2ccc3c(c2)CN(S(=O)(=O)c2ccc(C)cc2)CC3)cc1. The molecule has 3 aromatic rings. The van der Waals surface area contributed by atoms with Crippen LogP contribution in [0.4, 0.5) is 5.69 Å². The van der Waals surface area contributed by atoms with Crippen LogP contribution in [0.1, 0.15) is 46.0 Å². The second kappa shape index (κ2) is 9.27. The number of sulfonamides is 1. The van der Waals surface area contributed by atoms with Gasteiger partial charge in [-0.3, -0.25) is 4.79 Å². The van der Waals surface area contributed by atoms with E-state index in [0.717, 1.165) is 29.5 Å². The van der Waals surface area contributed by atoms with Gasteiger partial charge in [0.25, 0.3) is 5.91 Å². The summed E-state index contributed by atoms with van der Waals surface area (Å²) in [4.78, 5) is 13.0. The van der Waals surface area contributed by atoms with Crippen LogP contribution in [0.2, 0.25) is 0 Å². The highest BCUT2D eigenvalue weighted by atomic mass is 32.2. The molecule has 0 radical (unpaired) electrons. The average Bonchev–Trinajstić information content (AvgIpc) is 2.79. The van der Waals surface area contributed by atoms with E-state index in [9.17, 15) is 13.2 Å². The van der Waals surface area contributed by atoms with Crippen molar-refractivity contribution in [1.29, 1.82) is 0 Å². The van der Waals surface area contributed by atoms with Gasteiger partial charge < -0.3 is 5.32 Å². The first kappa shape index (κ1) is 22.2. The van der Waals surface area contributed by atoms with Crippen LogP contribution in [0.25, 0.3) is 0 Å². The molecule has 0 saturated carbocycles. The molecular formula is C26H28N2O3S. The van der Waals surface area contributed by atoms with Crippen molar-refractivity contribution in [2.45, 2.75) is 44.6 Å². The van der Waals surface area contributed by atoms with E-state index < -0.39 is 10.0 Å². The number of carbonyl (C=O) groups is 1. The highest BCUT2D eigenvalue weighted by Gasteiger charge is 2.28. The second-order valence-electron chi connectivity index (χ2n) is 8.29. The maximum Gasteiger partial charge on any atom is 0.255 e. The predicted octanol–water partition coefficient (Wildman–Crippen LogP) is 4.95. The number of anilines is 1. The highest BCUT2D eigenvalue weighted by molar-refractivity contribution is 7.89. The Kier molecular flexibility index (Phi) is 6.44. The first-order valence-corrected chi connectivity index (χ1v) is 12.4. The Bertz CT molecular complexity index is 1220. The van der Waals surface area contributed by atoms with Gasteiger partial charge >= 0.3 is 0 Å². The Labute approximate surface area is 190 Å². The minimum Gasteiger partial charge on any atom is -0.322 e. The van der Waals surface area contributed by atoms with Crippen molar-refractivity contribution in [3.05, 3.63) is 94.5 Å². The topological polar surface area (TPSA) is 66.5 Å². The number of hydrogen-bond acceptors (Lipinski definition) is 3. The third kappa shape index (κ3) is 4.76. The molecule has 0 aliphatic carbocycles. The normalized spacial score (nSPS) is 14.1. The van der Waals surface area contributed by atoms with Crippen LogP contribution >= 0.6 is 0 Å². The summed E-state index contributed by atoms with van der Waals surface area (Å²) in [6, 6.07) is 20.3. The zero-order valence-electron chi connectivity index (χ0n) is 18.5. The molecule has 1 heterocycles. The molecule has 5 nitrogen and oxygen atoms in total. The largest absolute Gasteiger partial charge is 0.322 e. The fraction of sp³-hybridized carbons (Fsp3) is 0.269. The van der Waals surface area contributed by atoms with Gasteiger partial charge in [0, 0.05) is 24.3 Å². The summed E-state index contributed by atoms with van der Waals surface area (Å²) in [5.74, 6) is -0.173. The van der Waals surface area contributed by atoms with Crippen molar-refractivity contribution < 1.29 is 13.2 Å². The Morgan fingerprint density at radius 1 is 0.969 bits per heavy atom. The highest BCUT2D eigenvalue weighted by Crippen LogP contribution is 2.27. The van der Waals surface area contributed by atoms with Gasteiger partial charge in [-0.1, -0.05) is 49.2 Å². The average molecular weight is 449 g/mol. The van der Waals surface area contributed by atoms with E-state index in [1.54, 1.807) is 12.1 Å². The fourth-order valence-electron chi connectivity index (χ4n) is 3.99. The zero-order valence-corrected chi connectivity index (χ0v) is 19.3. The van der Waals surface area contributed by atoms with Gasteiger partial charge in [-0.05, 0) is 72.9 Å². The molecular weight excluding hydrogens is 420 g/mol. The Morgan fingerprint density at radius 3 is 2.38 bits per heavy atom. The van der Waals surface area contributed by atoms with Gasteiger partial charge in [0.2, 0.25) is 10.0 Å². The van der Waals surface area contributed by atoms with Crippen LogP contribution in [0.3, 0.4) is 0 Å². The van der Waals surface area contributed by atoms with Crippen LogP contribution in [0.15, 0.2) is 71.6 Å². The van der Waals surface area contributed by atoms with E-state index in [1.807, 2.05) is 61.5 Å². The molecule has 4 rings (SSSR count). The molecule has 6 heteroatoms. The molecule has 0 fully saturated rings. The summed E-state index contributed by atoms with van der Waals surface area (Å²) < 4.78 is 27.7. The van der Waals surface area contributed by atoms with Crippen molar-refractivity contribution in [2.75, 3.05) is 11.9 Å². The molecule has 0 bridgehead atoms. The predicted molar refractivity (Wildman–Crippen MR) is 127 cm³/mol. The summed E-state index contributed by atoms with van der Waals surface area (Å²) in [7, 11) is -3.56. The standard InChI is InChI=1S/C26H28N2O3S/c1-3-4-20-7-9-22(10-8-20)26(29)27-24-12-11-21-15-16-28(18-23(21)17-24)32(30,31)25-13-5-19(2)6-14-25/h5-14,17H,3-4,15-16,18H2,1-2H3,(H,27,29). The quantitative estimate of drug-likeness (QED) is 0.580. The number of rotatable bonds is 6.